The Labute approximate surface area is 188 Å². The van der Waals surface area contributed by atoms with Crippen molar-refractivity contribution in [1.82, 2.24) is 0 Å². The lowest BCUT2D eigenvalue weighted by molar-refractivity contribution is 0.273. The van der Waals surface area contributed by atoms with Gasteiger partial charge in [0.1, 0.15) is 11.5 Å². The standard InChI is InChI=1S/C27H40O4/c1-27(2,23-11-15-25(16-12-23)30-21-9-5-3-7-19-28)24-13-17-26(18-14-24)31-22-10-6-4-8-20-29/h11-18,28-29H,3-10,19-22H2,1-2H3. The van der Waals surface area contributed by atoms with Crippen molar-refractivity contribution in [1.29, 1.82) is 0 Å². The van der Waals surface area contributed by atoms with Gasteiger partial charge in [-0.2, -0.15) is 0 Å². The number of benzene rings is 2. The van der Waals surface area contributed by atoms with Crippen LogP contribution in [-0.4, -0.2) is 36.6 Å². The molecule has 172 valence electrons. The fraction of sp³-hybridized carbons (Fsp3) is 0.556. The molecule has 0 bridgehead atoms. The average Bonchev–Trinajstić information content (AvgIpc) is 2.79. The first-order chi connectivity index (χ1) is 15.1. The van der Waals surface area contributed by atoms with Crippen molar-refractivity contribution >= 4 is 0 Å². The molecule has 0 fully saturated rings. The van der Waals surface area contributed by atoms with Crippen LogP contribution in [0.15, 0.2) is 48.5 Å². The van der Waals surface area contributed by atoms with Crippen molar-refractivity contribution in [2.45, 2.75) is 70.6 Å². The summed E-state index contributed by atoms with van der Waals surface area (Å²) in [7, 11) is 0. The summed E-state index contributed by atoms with van der Waals surface area (Å²) in [6.07, 6.45) is 8.09. The highest BCUT2D eigenvalue weighted by molar-refractivity contribution is 5.41. The lowest BCUT2D eigenvalue weighted by Gasteiger charge is -2.26. The van der Waals surface area contributed by atoms with Crippen LogP contribution in [0, 0.1) is 0 Å². The van der Waals surface area contributed by atoms with Crippen LogP contribution in [0.5, 0.6) is 11.5 Å². The molecule has 4 nitrogen and oxygen atoms in total. The van der Waals surface area contributed by atoms with Crippen molar-refractivity contribution in [3.63, 3.8) is 0 Å². The van der Waals surface area contributed by atoms with E-state index >= 15 is 0 Å². The second-order valence-electron chi connectivity index (χ2n) is 8.65. The molecule has 0 aliphatic heterocycles. The van der Waals surface area contributed by atoms with Crippen molar-refractivity contribution in [2.24, 2.45) is 0 Å². The van der Waals surface area contributed by atoms with E-state index in [2.05, 4.69) is 62.4 Å². The van der Waals surface area contributed by atoms with E-state index < -0.39 is 0 Å². The molecular weight excluding hydrogens is 388 g/mol. The van der Waals surface area contributed by atoms with Crippen LogP contribution in [0.1, 0.15) is 76.3 Å². The van der Waals surface area contributed by atoms with Gasteiger partial charge in [0, 0.05) is 18.6 Å². The van der Waals surface area contributed by atoms with Gasteiger partial charge in [-0.3, -0.25) is 0 Å². The van der Waals surface area contributed by atoms with Crippen LogP contribution in [0.4, 0.5) is 0 Å². The van der Waals surface area contributed by atoms with E-state index in [1.807, 2.05) is 0 Å². The average molecular weight is 429 g/mol. The van der Waals surface area contributed by atoms with E-state index in [1.165, 1.54) is 11.1 Å². The number of hydrogen-bond donors (Lipinski definition) is 2. The summed E-state index contributed by atoms with van der Waals surface area (Å²) >= 11 is 0. The van der Waals surface area contributed by atoms with Crippen molar-refractivity contribution in [3.8, 4) is 11.5 Å². The molecule has 2 N–H and O–H groups in total. The summed E-state index contributed by atoms with van der Waals surface area (Å²) in [5.74, 6) is 1.81. The highest BCUT2D eigenvalue weighted by Crippen LogP contribution is 2.33. The number of hydrogen-bond acceptors (Lipinski definition) is 4. The van der Waals surface area contributed by atoms with E-state index in [0.29, 0.717) is 0 Å². The fourth-order valence-corrected chi connectivity index (χ4v) is 3.62. The lowest BCUT2D eigenvalue weighted by Crippen LogP contribution is -2.18. The molecule has 4 heteroatoms. The van der Waals surface area contributed by atoms with E-state index in [9.17, 15) is 0 Å². The van der Waals surface area contributed by atoms with Gasteiger partial charge < -0.3 is 19.7 Å². The Hall–Kier alpha value is -2.04. The van der Waals surface area contributed by atoms with Gasteiger partial charge in [0.25, 0.3) is 0 Å². The van der Waals surface area contributed by atoms with E-state index in [1.54, 1.807) is 0 Å². The smallest absolute Gasteiger partial charge is 0.119 e. The molecule has 0 heterocycles. The quantitative estimate of drug-likeness (QED) is 0.328. The minimum atomic E-state index is -0.106. The molecule has 2 aromatic rings. The van der Waals surface area contributed by atoms with Crippen LogP contribution in [0.3, 0.4) is 0 Å². The number of rotatable bonds is 16. The molecule has 31 heavy (non-hydrogen) atoms. The van der Waals surface area contributed by atoms with E-state index in [-0.39, 0.29) is 18.6 Å². The predicted octanol–water partition coefficient (Wildman–Crippen LogP) is 5.88. The summed E-state index contributed by atoms with van der Waals surface area (Å²) in [6, 6.07) is 16.8. The lowest BCUT2D eigenvalue weighted by atomic mass is 9.78. The van der Waals surface area contributed by atoms with Gasteiger partial charge in [0.05, 0.1) is 13.2 Å². The highest BCUT2D eigenvalue weighted by Gasteiger charge is 2.23. The monoisotopic (exact) mass is 428 g/mol. The third-order valence-electron chi connectivity index (χ3n) is 5.79. The summed E-state index contributed by atoms with van der Waals surface area (Å²) in [5.41, 5.74) is 2.40. The molecule has 0 aliphatic rings. The zero-order valence-electron chi connectivity index (χ0n) is 19.3. The predicted molar refractivity (Wildman–Crippen MR) is 127 cm³/mol. The molecular formula is C27H40O4. The zero-order valence-corrected chi connectivity index (χ0v) is 19.3. The summed E-state index contributed by atoms with van der Waals surface area (Å²) in [5, 5.41) is 17.6. The Morgan fingerprint density at radius 3 is 1.26 bits per heavy atom. The first-order valence-electron chi connectivity index (χ1n) is 11.8. The van der Waals surface area contributed by atoms with Gasteiger partial charge >= 0.3 is 0 Å². The van der Waals surface area contributed by atoms with Crippen molar-refractivity contribution < 1.29 is 19.7 Å². The molecule has 2 rings (SSSR count). The maximum absolute atomic E-state index is 8.81. The van der Waals surface area contributed by atoms with Crippen LogP contribution >= 0.6 is 0 Å². The Morgan fingerprint density at radius 1 is 0.548 bits per heavy atom. The summed E-state index contributed by atoms with van der Waals surface area (Å²) in [6.45, 7) is 6.47. The molecule has 0 aliphatic carbocycles. The van der Waals surface area contributed by atoms with Crippen molar-refractivity contribution in [3.05, 3.63) is 59.7 Å². The van der Waals surface area contributed by atoms with Crippen LogP contribution in [0.25, 0.3) is 0 Å². The molecule has 0 aromatic heterocycles. The SMILES string of the molecule is CC(C)(c1ccc(OCCCCCCO)cc1)c1ccc(OCCCCCCO)cc1. The zero-order chi connectivity index (χ0) is 22.4. The molecule has 2 aromatic carbocycles. The molecule has 0 amide bonds. The van der Waals surface area contributed by atoms with E-state index in [0.717, 1.165) is 76.1 Å². The van der Waals surface area contributed by atoms with Crippen LogP contribution in [-0.2, 0) is 5.41 Å². The van der Waals surface area contributed by atoms with Crippen LogP contribution < -0.4 is 9.47 Å². The second-order valence-corrected chi connectivity index (χ2v) is 8.65. The van der Waals surface area contributed by atoms with Gasteiger partial charge in [-0.1, -0.05) is 51.0 Å². The third-order valence-corrected chi connectivity index (χ3v) is 5.79. The first kappa shape index (κ1) is 25.2. The molecule has 0 atom stereocenters. The fourth-order valence-electron chi connectivity index (χ4n) is 3.62. The van der Waals surface area contributed by atoms with Gasteiger partial charge in [-0.15, -0.1) is 0 Å². The maximum Gasteiger partial charge on any atom is 0.119 e. The molecule has 0 spiro atoms. The van der Waals surface area contributed by atoms with Crippen molar-refractivity contribution in [2.75, 3.05) is 26.4 Å². The minimum absolute atomic E-state index is 0.106. The highest BCUT2D eigenvalue weighted by atomic mass is 16.5. The van der Waals surface area contributed by atoms with E-state index in [4.69, 9.17) is 19.7 Å². The Balaban J connectivity index is 1.82. The summed E-state index contributed by atoms with van der Waals surface area (Å²) < 4.78 is 11.7. The second kappa shape index (κ2) is 14.1. The Morgan fingerprint density at radius 2 is 0.903 bits per heavy atom. The number of unbranched alkanes of at least 4 members (excludes halogenated alkanes) is 6. The number of ether oxygens (including phenoxy) is 2. The number of aliphatic hydroxyl groups excluding tert-OH is 2. The Kier molecular flexibility index (Phi) is 11.5. The summed E-state index contributed by atoms with van der Waals surface area (Å²) in [4.78, 5) is 0. The van der Waals surface area contributed by atoms with Gasteiger partial charge in [0.15, 0.2) is 0 Å². The largest absolute Gasteiger partial charge is 0.494 e. The van der Waals surface area contributed by atoms with Gasteiger partial charge in [0.2, 0.25) is 0 Å². The molecule has 0 unspecified atom stereocenters. The normalized spacial score (nSPS) is 11.5. The Bertz CT molecular complexity index is 646. The topological polar surface area (TPSA) is 58.9 Å². The molecule has 0 saturated heterocycles. The van der Waals surface area contributed by atoms with Gasteiger partial charge in [-0.25, -0.2) is 0 Å². The molecule has 0 radical (unpaired) electrons. The minimum Gasteiger partial charge on any atom is -0.494 e. The third kappa shape index (κ3) is 8.92. The first-order valence-corrected chi connectivity index (χ1v) is 11.8. The van der Waals surface area contributed by atoms with Crippen LogP contribution in [0.2, 0.25) is 0 Å². The molecule has 0 saturated carbocycles. The number of aliphatic hydroxyl groups is 2. The maximum atomic E-state index is 8.81. The van der Waals surface area contributed by atoms with Gasteiger partial charge in [-0.05, 0) is 73.9 Å².